The van der Waals surface area contributed by atoms with Crippen LogP contribution in [0.2, 0.25) is 0 Å². The van der Waals surface area contributed by atoms with E-state index in [-0.39, 0.29) is 18.1 Å². The highest BCUT2D eigenvalue weighted by Crippen LogP contribution is 2.25. The third-order valence-corrected chi connectivity index (χ3v) is 9.89. The second-order valence-corrected chi connectivity index (χ2v) is 13.6. The normalized spacial score (nSPS) is 17.5. The molecule has 2 aliphatic rings. The fraction of sp³-hybridized carbons (Fsp3) is 0.488. The van der Waals surface area contributed by atoms with Crippen LogP contribution in [-0.4, -0.2) is 86.2 Å². The first-order valence-corrected chi connectivity index (χ1v) is 18.1. The van der Waals surface area contributed by atoms with E-state index in [0.717, 1.165) is 45.1 Å². The fourth-order valence-corrected chi connectivity index (χ4v) is 7.00. The summed E-state index contributed by atoms with van der Waals surface area (Å²) >= 11 is 0. The van der Waals surface area contributed by atoms with Gasteiger partial charge >= 0.3 is 6.03 Å². The highest BCUT2D eigenvalue weighted by atomic mass is 16.2. The Labute approximate surface area is 289 Å². The molecule has 260 valence electrons. The average molecular weight is 653 g/mol. The van der Waals surface area contributed by atoms with Crippen molar-refractivity contribution in [1.82, 2.24) is 25.3 Å². The van der Waals surface area contributed by atoms with E-state index in [4.69, 9.17) is 5.73 Å². The van der Waals surface area contributed by atoms with Gasteiger partial charge in [0.1, 0.15) is 0 Å². The van der Waals surface area contributed by atoms with E-state index in [1.807, 2.05) is 30.0 Å². The van der Waals surface area contributed by atoms with Gasteiger partial charge in [-0.3, -0.25) is 0 Å². The number of fused-ring (bicyclic) bond motifs is 2. The fourth-order valence-electron chi connectivity index (χ4n) is 7.00. The lowest BCUT2D eigenvalue weighted by Crippen LogP contribution is -2.50. The van der Waals surface area contributed by atoms with Crippen molar-refractivity contribution in [3.05, 3.63) is 96.1 Å². The van der Waals surface area contributed by atoms with Crippen molar-refractivity contribution in [2.45, 2.75) is 77.5 Å². The Morgan fingerprint density at radius 2 is 1.23 bits per heavy atom. The molecule has 0 aromatic heterocycles. The van der Waals surface area contributed by atoms with Crippen LogP contribution in [0, 0.1) is 0 Å². The van der Waals surface area contributed by atoms with Crippen molar-refractivity contribution in [1.29, 1.82) is 0 Å². The molecule has 2 atom stereocenters. The third kappa shape index (κ3) is 10.5. The largest absolute Gasteiger partial charge is 0.331 e. The Balaban J connectivity index is 0.000000187. The van der Waals surface area contributed by atoms with Crippen LogP contribution in [0.3, 0.4) is 0 Å². The first-order chi connectivity index (χ1) is 23.2. The zero-order valence-corrected chi connectivity index (χ0v) is 30.3. The van der Waals surface area contributed by atoms with Gasteiger partial charge in [-0.2, -0.15) is 0 Å². The summed E-state index contributed by atoms with van der Waals surface area (Å²) in [5.74, 6) is 0. The summed E-state index contributed by atoms with van der Waals surface area (Å²) in [5.41, 5.74) is 8.27. The molecule has 2 unspecified atom stereocenters. The summed E-state index contributed by atoms with van der Waals surface area (Å²) in [6.07, 6.45) is 4.76. The molecule has 0 aliphatic carbocycles. The van der Waals surface area contributed by atoms with Gasteiger partial charge in [-0.1, -0.05) is 91.9 Å². The van der Waals surface area contributed by atoms with Crippen molar-refractivity contribution >= 4 is 27.6 Å². The summed E-state index contributed by atoms with van der Waals surface area (Å²) in [6, 6.07) is 30.5. The number of amides is 2. The summed E-state index contributed by atoms with van der Waals surface area (Å²) in [6.45, 7) is 14.9. The number of urea groups is 1. The van der Waals surface area contributed by atoms with Gasteiger partial charge in [-0.25, -0.2) is 4.79 Å². The molecule has 2 amide bonds. The number of nitrogens with one attached hydrogen (secondary N) is 2. The van der Waals surface area contributed by atoms with E-state index in [1.54, 1.807) is 0 Å². The van der Waals surface area contributed by atoms with Gasteiger partial charge in [0, 0.05) is 24.7 Å². The Kier molecular flexibility index (Phi) is 14.7. The quantitative estimate of drug-likeness (QED) is 0.192. The standard InChI is InChI=1S/C21H29N3O.C12H13N.C8H18N2/c1-4-24(18-12-14-23(3)15-13-18)21(25)22-16(2)19-11-7-9-17-8-5-6-10-20(17)19;1-9(13)11-8-4-6-10-5-2-3-7-12(10)11;1-3-9-8-4-6-10(2)7-5-8/h5-11,16,18H,4,12-15H2,1-3H3,(H,22,25);2-9H,13H2,1H3;8-9H,3-7H2,1-2H3. The Bertz CT molecular complexity index is 1530. The number of benzene rings is 4. The molecule has 48 heavy (non-hydrogen) atoms. The van der Waals surface area contributed by atoms with Crippen molar-refractivity contribution in [2.75, 3.05) is 53.4 Å². The summed E-state index contributed by atoms with van der Waals surface area (Å²) in [7, 11) is 4.34. The molecule has 0 spiro atoms. The van der Waals surface area contributed by atoms with E-state index in [9.17, 15) is 4.79 Å². The molecule has 4 aromatic rings. The van der Waals surface area contributed by atoms with Crippen LogP contribution in [0.4, 0.5) is 4.79 Å². The van der Waals surface area contributed by atoms with E-state index < -0.39 is 0 Å². The van der Waals surface area contributed by atoms with Crippen LogP contribution in [0.5, 0.6) is 0 Å². The molecule has 4 aromatic carbocycles. The number of piperidine rings is 2. The van der Waals surface area contributed by atoms with E-state index in [2.05, 4.69) is 122 Å². The molecule has 2 fully saturated rings. The number of hydrogen-bond donors (Lipinski definition) is 3. The predicted octanol–water partition coefficient (Wildman–Crippen LogP) is 7.58. The zero-order valence-electron chi connectivity index (χ0n) is 30.3. The molecular weight excluding hydrogens is 592 g/mol. The molecule has 0 saturated carbocycles. The molecule has 7 nitrogen and oxygen atoms in total. The topological polar surface area (TPSA) is 76.9 Å². The van der Waals surface area contributed by atoms with Crippen LogP contribution < -0.4 is 16.4 Å². The molecule has 0 radical (unpaired) electrons. The van der Waals surface area contributed by atoms with Crippen molar-refractivity contribution < 1.29 is 4.79 Å². The van der Waals surface area contributed by atoms with Gasteiger partial charge in [-0.05, 0) is 126 Å². The Hall–Kier alpha value is -3.49. The number of carbonyl (C=O) groups excluding carboxylic acids is 1. The highest BCUT2D eigenvalue weighted by Gasteiger charge is 2.27. The average Bonchev–Trinajstić information content (AvgIpc) is 3.10. The minimum absolute atomic E-state index is 0.0149. The number of carbonyl (C=O) groups is 1. The minimum atomic E-state index is -0.0149. The maximum absolute atomic E-state index is 12.9. The van der Waals surface area contributed by atoms with Crippen LogP contribution in [0.15, 0.2) is 84.9 Å². The van der Waals surface area contributed by atoms with Gasteiger partial charge in [0.15, 0.2) is 0 Å². The van der Waals surface area contributed by atoms with Crippen LogP contribution >= 0.6 is 0 Å². The molecule has 4 N–H and O–H groups in total. The number of rotatable bonds is 7. The lowest BCUT2D eigenvalue weighted by Gasteiger charge is -2.37. The van der Waals surface area contributed by atoms with Gasteiger partial charge in [0.25, 0.3) is 0 Å². The number of nitrogens with two attached hydrogens (primary N) is 1. The van der Waals surface area contributed by atoms with Crippen LogP contribution in [-0.2, 0) is 0 Å². The van der Waals surface area contributed by atoms with Gasteiger partial charge in [0.2, 0.25) is 0 Å². The monoisotopic (exact) mass is 652 g/mol. The second kappa shape index (κ2) is 18.9. The molecule has 2 saturated heterocycles. The van der Waals surface area contributed by atoms with Gasteiger partial charge in [-0.15, -0.1) is 0 Å². The van der Waals surface area contributed by atoms with E-state index >= 15 is 0 Å². The van der Waals surface area contributed by atoms with Crippen molar-refractivity contribution in [3.63, 3.8) is 0 Å². The lowest BCUT2D eigenvalue weighted by atomic mass is 9.99. The summed E-state index contributed by atoms with van der Waals surface area (Å²) < 4.78 is 0. The highest BCUT2D eigenvalue weighted by molar-refractivity contribution is 5.87. The first-order valence-electron chi connectivity index (χ1n) is 18.1. The third-order valence-electron chi connectivity index (χ3n) is 9.89. The van der Waals surface area contributed by atoms with Crippen molar-refractivity contribution in [2.24, 2.45) is 5.73 Å². The zero-order chi connectivity index (χ0) is 34.5. The van der Waals surface area contributed by atoms with Gasteiger partial charge < -0.3 is 31.1 Å². The summed E-state index contributed by atoms with van der Waals surface area (Å²) in [5, 5.41) is 11.6. The Morgan fingerprint density at radius 1 is 0.750 bits per heavy atom. The smallest absolute Gasteiger partial charge is 0.318 e. The number of likely N-dealkylation sites (tertiary alicyclic amines) is 2. The molecule has 6 rings (SSSR count). The predicted molar refractivity (Wildman–Crippen MR) is 205 cm³/mol. The van der Waals surface area contributed by atoms with E-state index in [0.29, 0.717) is 6.04 Å². The Morgan fingerprint density at radius 3 is 1.75 bits per heavy atom. The second-order valence-electron chi connectivity index (χ2n) is 13.6. The van der Waals surface area contributed by atoms with Crippen LogP contribution in [0.25, 0.3) is 21.5 Å². The van der Waals surface area contributed by atoms with E-state index in [1.165, 1.54) is 58.6 Å². The SMILES string of the molecule is CC(N)c1cccc2ccccc12.CCN(C(=O)NC(C)c1cccc2ccccc12)C1CCN(C)CC1.CCNC1CCN(C)CC1. The number of hydrogen-bond acceptors (Lipinski definition) is 5. The first kappa shape index (κ1) is 37.3. The molecule has 2 heterocycles. The van der Waals surface area contributed by atoms with Crippen molar-refractivity contribution in [3.8, 4) is 0 Å². The van der Waals surface area contributed by atoms with Gasteiger partial charge in [0.05, 0.1) is 6.04 Å². The maximum Gasteiger partial charge on any atom is 0.318 e. The summed E-state index contributed by atoms with van der Waals surface area (Å²) in [4.78, 5) is 19.6. The van der Waals surface area contributed by atoms with Crippen LogP contribution in [0.1, 0.15) is 76.6 Å². The molecule has 0 bridgehead atoms. The number of nitrogens with zero attached hydrogens (tertiary/aromatic N) is 3. The molecular formula is C41H60N6O. The minimum Gasteiger partial charge on any atom is -0.331 e. The molecule has 2 aliphatic heterocycles. The lowest BCUT2D eigenvalue weighted by molar-refractivity contribution is 0.133. The maximum atomic E-state index is 12.9. The molecule has 7 heteroatoms.